The van der Waals surface area contributed by atoms with E-state index in [-0.39, 0.29) is 25.2 Å². The Kier molecular flexibility index (Phi) is 4.76. The topological polar surface area (TPSA) is 55.6 Å². The van der Waals surface area contributed by atoms with E-state index in [4.69, 9.17) is 9.15 Å². The molecule has 122 valence electrons. The van der Waals surface area contributed by atoms with E-state index in [1.807, 2.05) is 24.0 Å². The lowest BCUT2D eigenvalue weighted by Gasteiger charge is -2.26. The molecule has 0 N–H and O–H groups in total. The van der Waals surface area contributed by atoms with Crippen LogP contribution in [0, 0.1) is 13.8 Å². The molecule has 1 fully saturated rings. The molecule has 23 heavy (non-hydrogen) atoms. The molecule has 1 aromatic carbocycles. The molecule has 1 atom stereocenters. The van der Waals surface area contributed by atoms with Gasteiger partial charge in [0.05, 0.1) is 12.2 Å². The maximum Gasteiger partial charge on any atom is 0.249 e. The van der Waals surface area contributed by atoms with E-state index in [0.717, 1.165) is 25.1 Å². The van der Waals surface area contributed by atoms with Gasteiger partial charge in [0.15, 0.2) is 0 Å². The first-order valence-corrected chi connectivity index (χ1v) is 7.99. The molecule has 5 nitrogen and oxygen atoms in total. The van der Waals surface area contributed by atoms with Crippen molar-refractivity contribution in [2.45, 2.75) is 39.3 Å². The first-order valence-electron chi connectivity index (χ1n) is 7.99. The lowest BCUT2D eigenvalue weighted by atomic mass is 9.99. The average Bonchev–Trinajstić information content (AvgIpc) is 3.17. The summed E-state index contributed by atoms with van der Waals surface area (Å²) in [6, 6.07) is 8.43. The van der Waals surface area contributed by atoms with Gasteiger partial charge >= 0.3 is 0 Å². The van der Waals surface area contributed by atoms with Gasteiger partial charge in [-0.3, -0.25) is 4.79 Å². The summed E-state index contributed by atoms with van der Waals surface area (Å²) in [6.07, 6.45) is 3.69. The van der Waals surface area contributed by atoms with Crippen molar-refractivity contribution in [3.8, 4) is 0 Å². The molecule has 0 bridgehead atoms. The third-order valence-corrected chi connectivity index (χ3v) is 4.24. The molecule has 2 heterocycles. The summed E-state index contributed by atoms with van der Waals surface area (Å²) in [5.41, 5.74) is 2.47. The zero-order valence-corrected chi connectivity index (χ0v) is 13.6. The maximum atomic E-state index is 12.5. The number of aromatic nitrogens is 1. The lowest BCUT2D eigenvalue weighted by Crippen LogP contribution is -2.33. The smallest absolute Gasteiger partial charge is 0.249 e. The van der Waals surface area contributed by atoms with Crippen LogP contribution in [0.1, 0.15) is 41.7 Å². The van der Waals surface area contributed by atoms with Crippen molar-refractivity contribution in [1.29, 1.82) is 0 Å². The highest BCUT2D eigenvalue weighted by Gasteiger charge is 2.30. The summed E-state index contributed by atoms with van der Waals surface area (Å²) in [7, 11) is 0. The highest BCUT2D eigenvalue weighted by Crippen LogP contribution is 2.33. The Morgan fingerprint density at radius 3 is 2.96 bits per heavy atom. The summed E-state index contributed by atoms with van der Waals surface area (Å²) in [6.45, 7) is 5.00. The number of carbonyl (C=O) groups is 1. The van der Waals surface area contributed by atoms with Gasteiger partial charge < -0.3 is 14.1 Å². The number of hydrogen-bond acceptors (Lipinski definition) is 4. The fourth-order valence-electron chi connectivity index (χ4n) is 3.13. The summed E-state index contributed by atoms with van der Waals surface area (Å²) < 4.78 is 10.8. The molecule has 2 aromatic rings. The number of hydrogen-bond donors (Lipinski definition) is 0. The van der Waals surface area contributed by atoms with Gasteiger partial charge in [-0.2, -0.15) is 0 Å². The minimum atomic E-state index is 0.0269. The van der Waals surface area contributed by atoms with Gasteiger partial charge in [0, 0.05) is 6.54 Å². The van der Waals surface area contributed by atoms with Gasteiger partial charge in [0.1, 0.15) is 19.0 Å². The van der Waals surface area contributed by atoms with E-state index in [1.165, 1.54) is 11.1 Å². The lowest BCUT2D eigenvalue weighted by molar-refractivity contribution is -0.137. The van der Waals surface area contributed by atoms with Gasteiger partial charge in [-0.05, 0) is 37.8 Å². The van der Waals surface area contributed by atoms with Gasteiger partial charge in [-0.1, -0.05) is 24.3 Å². The van der Waals surface area contributed by atoms with Crippen molar-refractivity contribution in [2.75, 3.05) is 13.2 Å². The highest BCUT2D eigenvalue weighted by molar-refractivity contribution is 5.78. The largest absolute Gasteiger partial charge is 0.443 e. The second-order valence-corrected chi connectivity index (χ2v) is 5.96. The van der Waals surface area contributed by atoms with Crippen molar-refractivity contribution < 1.29 is 13.9 Å². The Balaban J connectivity index is 1.59. The van der Waals surface area contributed by atoms with Crippen LogP contribution in [0.4, 0.5) is 0 Å². The van der Waals surface area contributed by atoms with Crippen LogP contribution in [0.2, 0.25) is 0 Å². The first-order chi connectivity index (χ1) is 11.1. The molecule has 0 saturated carbocycles. The van der Waals surface area contributed by atoms with Crippen molar-refractivity contribution >= 4 is 5.91 Å². The number of amides is 1. The van der Waals surface area contributed by atoms with E-state index < -0.39 is 0 Å². The molecule has 1 aromatic heterocycles. The molecule has 1 aliphatic rings. The molecule has 1 amide bonds. The van der Waals surface area contributed by atoms with Crippen molar-refractivity contribution in [3.63, 3.8) is 0 Å². The van der Waals surface area contributed by atoms with E-state index in [9.17, 15) is 4.79 Å². The average molecular weight is 314 g/mol. The third kappa shape index (κ3) is 3.62. The van der Waals surface area contributed by atoms with Crippen molar-refractivity contribution in [1.82, 2.24) is 9.88 Å². The van der Waals surface area contributed by atoms with Crippen LogP contribution in [0.5, 0.6) is 0 Å². The number of rotatable bonds is 5. The third-order valence-electron chi connectivity index (χ3n) is 4.24. The number of likely N-dealkylation sites (tertiary alicyclic amines) is 1. The molecule has 0 spiro atoms. The molecule has 1 unspecified atom stereocenters. The summed E-state index contributed by atoms with van der Waals surface area (Å²) in [4.78, 5) is 18.5. The zero-order valence-electron chi connectivity index (χ0n) is 13.6. The standard InChI is InChI=1S/C18H22N2O3/c1-13-6-3-4-7-15(13)16-8-5-9-20(16)18(21)12-22-11-17-19-10-14(2)23-17/h3-4,6-7,10,16H,5,8-9,11-12H2,1-2H3. The minimum Gasteiger partial charge on any atom is -0.443 e. The first kappa shape index (κ1) is 15.7. The predicted octanol–water partition coefficient (Wildman–Crippen LogP) is 3.17. The normalized spacial score (nSPS) is 17.7. The van der Waals surface area contributed by atoms with Crippen LogP contribution in [0.15, 0.2) is 34.9 Å². The van der Waals surface area contributed by atoms with E-state index >= 15 is 0 Å². The van der Waals surface area contributed by atoms with Crippen LogP contribution >= 0.6 is 0 Å². The molecule has 1 saturated heterocycles. The highest BCUT2D eigenvalue weighted by atomic mass is 16.5. The molecule has 1 aliphatic heterocycles. The maximum absolute atomic E-state index is 12.5. The van der Waals surface area contributed by atoms with Gasteiger partial charge in [-0.15, -0.1) is 0 Å². The fourth-order valence-corrected chi connectivity index (χ4v) is 3.13. The SMILES string of the molecule is Cc1cnc(COCC(=O)N2CCCC2c2ccccc2C)o1. The van der Waals surface area contributed by atoms with Crippen molar-refractivity contribution in [3.05, 3.63) is 53.2 Å². The van der Waals surface area contributed by atoms with Crippen molar-refractivity contribution in [2.24, 2.45) is 0 Å². The molecular formula is C18H22N2O3. The monoisotopic (exact) mass is 314 g/mol. The van der Waals surface area contributed by atoms with Crippen LogP contribution in [-0.2, 0) is 16.1 Å². The number of benzene rings is 1. The minimum absolute atomic E-state index is 0.0269. The molecule has 0 aliphatic carbocycles. The Morgan fingerprint density at radius 2 is 2.22 bits per heavy atom. The quantitative estimate of drug-likeness (QED) is 0.850. The van der Waals surface area contributed by atoms with Gasteiger partial charge in [0.25, 0.3) is 0 Å². The zero-order chi connectivity index (χ0) is 16.2. The van der Waals surface area contributed by atoms with E-state index in [0.29, 0.717) is 5.89 Å². The number of aryl methyl sites for hydroxylation is 2. The van der Waals surface area contributed by atoms with Gasteiger partial charge in [0.2, 0.25) is 11.8 Å². The van der Waals surface area contributed by atoms with E-state index in [2.05, 4.69) is 24.0 Å². The fraction of sp³-hybridized carbons (Fsp3) is 0.444. The Morgan fingerprint density at radius 1 is 1.39 bits per heavy atom. The number of carbonyl (C=O) groups excluding carboxylic acids is 1. The molecule has 0 radical (unpaired) electrons. The number of nitrogens with zero attached hydrogens (tertiary/aromatic N) is 2. The van der Waals surface area contributed by atoms with E-state index in [1.54, 1.807) is 6.20 Å². The van der Waals surface area contributed by atoms with Crippen LogP contribution in [0.3, 0.4) is 0 Å². The number of ether oxygens (including phenoxy) is 1. The van der Waals surface area contributed by atoms with Crippen LogP contribution < -0.4 is 0 Å². The Hall–Kier alpha value is -2.14. The predicted molar refractivity (Wildman–Crippen MR) is 85.8 cm³/mol. The second-order valence-electron chi connectivity index (χ2n) is 5.96. The number of oxazole rings is 1. The molecule has 3 rings (SSSR count). The summed E-state index contributed by atoms with van der Waals surface area (Å²) in [5.74, 6) is 1.28. The van der Waals surface area contributed by atoms with Crippen LogP contribution in [-0.4, -0.2) is 28.9 Å². The summed E-state index contributed by atoms with van der Waals surface area (Å²) >= 11 is 0. The Labute approximate surface area is 136 Å². The summed E-state index contributed by atoms with van der Waals surface area (Å²) in [5, 5.41) is 0. The van der Waals surface area contributed by atoms with Gasteiger partial charge in [-0.25, -0.2) is 4.98 Å². The van der Waals surface area contributed by atoms with Crippen LogP contribution in [0.25, 0.3) is 0 Å². The second kappa shape index (κ2) is 6.96. The molecular weight excluding hydrogens is 292 g/mol. The Bertz CT molecular complexity index is 680. The molecule has 5 heteroatoms.